The molecule has 4 heterocycles. The number of halogens is 1. The molecule has 0 saturated carbocycles. The van der Waals surface area contributed by atoms with Gasteiger partial charge in [-0.25, -0.2) is 19.3 Å². The van der Waals surface area contributed by atoms with Gasteiger partial charge in [0, 0.05) is 35.9 Å². The number of benzene rings is 1. The summed E-state index contributed by atoms with van der Waals surface area (Å²) < 4.78 is 15.4. The highest BCUT2D eigenvalue weighted by atomic mass is 32.1. The van der Waals surface area contributed by atoms with Crippen molar-refractivity contribution in [3.05, 3.63) is 53.9 Å². The molecule has 4 aromatic rings. The molecule has 0 spiro atoms. The van der Waals surface area contributed by atoms with Crippen molar-refractivity contribution in [2.45, 2.75) is 18.9 Å². The van der Waals surface area contributed by atoms with E-state index in [1.54, 1.807) is 35.9 Å². The second-order valence-corrected chi connectivity index (χ2v) is 7.70. The number of thiazole rings is 1. The minimum absolute atomic E-state index is 0. The lowest BCUT2D eigenvalue weighted by molar-refractivity contribution is 0.478. The first-order chi connectivity index (χ1) is 14.8. The minimum atomic E-state index is -0.263. The fraction of sp³-hybridized carbons (Fsp3) is 0.286. The van der Waals surface area contributed by atoms with Crippen molar-refractivity contribution < 1.29 is 15.3 Å². The first-order valence-corrected chi connectivity index (χ1v) is 11.5. The summed E-state index contributed by atoms with van der Waals surface area (Å²) in [5.74, 6) is 0.349. The number of nitrogens with zero attached hydrogens (tertiary/aromatic N) is 4. The Morgan fingerprint density at radius 2 is 1.94 bits per heavy atom. The highest BCUT2D eigenvalue weighted by Crippen LogP contribution is 2.33. The Morgan fingerprint density at radius 3 is 2.66 bits per heavy atom. The lowest BCUT2D eigenvalue weighted by Gasteiger charge is -2.23. The summed E-state index contributed by atoms with van der Waals surface area (Å²) in [5, 5.41) is 8.82. The Kier molecular flexibility index (Phi) is 9.54. The van der Waals surface area contributed by atoms with E-state index < -0.39 is 0 Å². The maximum atomic E-state index is 13.4. The monoisotopic (exact) mass is 478 g/mol. The summed E-state index contributed by atoms with van der Waals surface area (Å²) in [6, 6.07) is 8.62. The van der Waals surface area contributed by atoms with Gasteiger partial charge in [0.1, 0.15) is 11.5 Å². The Bertz CT molecular complexity index is 1110. The van der Waals surface area contributed by atoms with Crippen molar-refractivity contribution in [1.82, 2.24) is 24.7 Å². The van der Waals surface area contributed by atoms with Crippen LogP contribution in [0.25, 0.3) is 27.6 Å². The van der Waals surface area contributed by atoms with Crippen LogP contribution >= 0.6 is 24.0 Å². The molecule has 32 heavy (non-hydrogen) atoms. The molecule has 1 atom stereocenters. The fourth-order valence-corrected chi connectivity index (χ4v) is 4.27. The molecule has 0 radical (unpaired) electrons. The Labute approximate surface area is 195 Å². The van der Waals surface area contributed by atoms with Crippen molar-refractivity contribution in [3.8, 4) is 22.6 Å². The van der Waals surface area contributed by atoms with Crippen LogP contribution in [-0.2, 0) is 0 Å². The van der Waals surface area contributed by atoms with Crippen LogP contribution in [0, 0.1) is 5.82 Å². The molecule has 1 fully saturated rings. The Balaban J connectivity index is 0.000000884. The third-order valence-corrected chi connectivity index (χ3v) is 5.66. The van der Waals surface area contributed by atoms with Crippen molar-refractivity contribution in [1.29, 1.82) is 0 Å². The van der Waals surface area contributed by atoms with Crippen LogP contribution < -0.4 is 10.6 Å². The van der Waals surface area contributed by atoms with E-state index >= 15 is 0 Å². The number of fused-ring (bicyclic) bond motifs is 1. The number of nitrogens with one attached hydrogen (secondary N) is 2. The number of hydrogen-bond donors (Lipinski definition) is 3. The molecule has 1 aliphatic heterocycles. The molecule has 1 unspecified atom stereocenters. The molecule has 172 valence electrons. The lowest BCUT2D eigenvalue weighted by atomic mass is 10.1. The van der Waals surface area contributed by atoms with Gasteiger partial charge in [0.2, 0.25) is 5.95 Å². The van der Waals surface area contributed by atoms with Crippen LogP contribution in [0.2, 0.25) is 0 Å². The molecule has 3 aromatic heterocycles. The quantitative estimate of drug-likeness (QED) is 0.388. The number of hydrogen-bond acceptors (Lipinski definition) is 7. The van der Waals surface area contributed by atoms with Crippen LogP contribution in [0.1, 0.15) is 12.8 Å². The van der Waals surface area contributed by atoms with Crippen molar-refractivity contribution in [2.75, 3.05) is 24.7 Å². The van der Waals surface area contributed by atoms with Gasteiger partial charge >= 0.3 is 0 Å². The first-order valence-electron chi connectivity index (χ1n) is 9.75. The molecule has 1 aromatic carbocycles. The zero-order valence-corrected chi connectivity index (χ0v) is 19.3. The second-order valence-electron chi connectivity index (χ2n) is 6.82. The molecule has 11 heteroatoms. The Morgan fingerprint density at radius 1 is 1.16 bits per heavy atom. The fourth-order valence-electron chi connectivity index (χ4n) is 3.56. The highest BCUT2D eigenvalue weighted by molar-refractivity contribution is 7.79. The molecule has 0 bridgehead atoms. The second kappa shape index (κ2) is 11.9. The number of rotatable bonds is 4. The largest absolute Gasteiger partial charge is 0.412 e. The maximum absolute atomic E-state index is 13.4. The maximum Gasteiger partial charge on any atom is 0.223 e. The molecular weight excluding hydrogens is 451 g/mol. The number of aromatic nitrogens is 4. The molecule has 1 aliphatic rings. The van der Waals surface area contributed by atoms with E-state index in [1.807, 2.05) is 22.0 Å². The van der Waals surface area contributed by atoms with Gasteiger partial charge in [-0.15, -0.1) is 11.3 Å². The van der Waals surface area contributed by atoms with E-state index in [9.17, 15) is 4.39 Å². The van der Waals surface area contributed by atoms with Crippen molar-refractivity contribution >= 4 is 34.9 Å². The number of piperidine rings is 1. The lowest BCUT2D eigenvalue weighted by Crippen LogP contribution is -2.38. The molecular formula is C21H27FN6O2S2. The van der Waals surface area contributed by atoms with Gasteiger partial charge in [0.15, 0.2) is 4.96 Å². The van der Waals surface area contributed by atoms with Gasteiger partial charge in [-0.3, -0.25) is 4.40 Å². The third kappa shape index (κ3) is 5.43. The summed E-state index contributed by atoms with van der Waals surface area (Å²) in [5.41, 5.74) is 3.31. The standard InChI is InChI=1S/C20H19FN6S.CH4S.2H2O/c21-14-5-3-13(4-6-14)17-18(27-10-11-28-20(27)26-17)16-7-9-23-19(25-16)24-15-2-1-8-22-12-15;1-2;;/h3-7,9-11,15,22H,1-2,8,12H2,(H,23,24,25);2H,1H3;2*1H2. The molecule has 6 N–H and O–H groups in total. The van der Waals surface area contributed by atoms with Crippen LogP contribution in [0.4, 0.5) is 10.3 Å². The van der Waals surface area contributed by atoms with E-state index in [-0.39, 0.29) is 16.8 Å². The molecule has 5 rings (SSSR count). The van der Waals surface area contributed by atoms with Crippen LogP contribution in [0.15, 0.2) is 48.1 Å². The number of imidazole rings is 1. The zero-order valence-electron chi connectivity index (χ0n) is 17.5. The molecule has 1 saturated heterocycles. The summed E-state index contributed by atoms with van der Waals surface area (Å²) in [6.45, 7) is 1.97. The van der Waals surface area contributed by atoms with Crippen molar-refractivity contribution in [2.24, 2.45) is 0 Å². The van der Waals surface area contributed by atoms with Crippen LogP contribution in [-0.4, -0.2) is 55.7 Å². The molecule has 0 amide bonds. The van der Waals surface area contributed by atoms with E-state index in [1.165, 1.54) is 12.1 Å². The van der Waals surface area contributed by atoms with E-state index in [0.29, 0.717) is 12.0 Å². The van der Waals surface area contributed by atoms with Gasteiger partial charge in [0.25, 0.3) is 0 Å². The topological polar surface area (TPSA) is 130 Å². The smallest absolute Gasteiger partial charge is 0.223 e. The highest BCUT2D eigenvalue weighted by Gasteiger charge is 2.19. The average Bonchev–Trinajstić information content (AvgIpc) is 3.38. The summed E-state index contributed by atoms with van der Waals surface area (Å²) in [4.78, 5) is 14.8. The average molecular weight is 479 g/mol. The normalized spacial score (nSPS) is 15.2. The van der Waals surface area contributed by atoms with E-state index in [4.69, 9.17) is 9.97 Å². The zero-order chi connectivity index (χ0) is 20.9. The van der Waals surface area contributed by atoms with Gasteiger partial charge < -0.3 is 21.6 Å². The predicted octanol–water partition coefficient (Wildman–Crippen LogP) is 2.72. The molecule has 0 aliphatic carbocycles. The van der Waals surface area contributed by atoms with Crippen LogP contribution in [0.5, 0.6) is 0 Å². The minimum Gasteiger partial charge on any atom is -0.412 e. The number of thiol groups is 1. The van der Waals surface area contributed by atoms with Gasteiger partial charge in [0.05, 0.1) is 11.4 Å². The first kappa shape index (κ1) is 25.7. The van der Waals surface area contributed by atoms with Crippen molar-refractivity contribution in [3.63, 3.8) is 0 Å². The van der Waals surface area contributed by atoms with Gasteiger partial charge in [-0.2, -0.15) is 12.6 Å². The predicted molar refractivity (Wildman–Crippen MR) is 131 cm³/mol. The summed E-state index contributed by atoms with van der Waals surface area (Å²) >= 11 is 5.09. The van der Waals surface area contributed by atoms with Gasteiger partial charge in [-0.05, 0) is 56.0 Å². The number of anilines is 1. The van der Waals surface area contributed by atoms with E-state index in [2.05, 4.69) is 28.2 Å². The molecule has 8 nitrogen and oxygen atoms in total. The van der Waals surface area contributed by atoms with E-state index in [0.717, 1.165) is 53.5 Å². The summed E-state index contributed by atoms with van der Waals surface area (Å²) in [6.07, 6.45) is 7.68. The summed E-state index contributed by atoms with van der Waals surface area (Å²) in [7, 11) is 0. The van der Waals surface area contributed by atoms with Crippen LogP contribution in [0.3, 0.4) is 0 Å². The van der Waals surface area contributed by atoms with Gasteiger partial charge in [-0.1, -0.05) is 0 Å². The Hall–Kier alpha value is -2.57. The SMILES string of the molecule is CS.Fc1ccc(-c2nc3sccn3c2-c2ccnc(NC3CCCNC3)n2)cc1.O.O. The third-order valence-electron chi connectivity index (χ3n) is 4.91.